The quantitative estimate of drug-likeness (QED) is 0.674. The third kappa shape index (κ3) is 1.13. The SMILES string of the molecule is CC(=O)N1c2ccccc2[C@H](O)[C@H]1C. The molecule has 1 aromatic carbocycles. The second kappa shape index (κ2) is 3.10. The van der Waals surface area contributed by atoms with Crippen LogP contribution in [0.4, 0.5) is 5.69 Å². The Labute approximate surface area is 83.0 Å². The van der Waals surface area contributed by atoms with Crippen molar-refractivity contribution < 1.29 is 9.90 Å². The van der Waals surface area contributed by atoms with Crippen molar-refractivity contribution in [3.8, 4) is 0 Å². The van der Waals surface area contributed by atoms with Crippen molar-refractivity contribution in [3.05, 3.63) is 29.8 Å². The molecule has 0 bridgehead atoms. The summed E-state index contributed by atoms with van der Waals surface area (Å²) in [5, 5.41) is 9.88. The fraction of sp³-hybridized carbons (Fsp3) is 0.364. The van der Waals surface area contributed by atoms with Gasteiger partial charge in [-0.1, -0.05) is 18.2 Å². The number of nitrogens with zero attached hydrogens (tertiary/aromatic N) is 1. The summed E-state index contributed by atoms with van der Waals surface area (Å²) >= 11 is 0. The maximum Gasteiger partial charge on any atom is 0.224 e. The highest BCUT2D eigenvalue weighted by Crippen LogP contribution is 2.38. The van der Waals surface area contributed by atoms with Gasteiger partial charge in [0.25, 0.3) is 0 Å². The van der Waals surface area contributed by atoms with Crippen LogP contribution in [0.15, 0.2) is 24.3 Å². The minimum absolute atomic E-state index is 0.0264. The van der Waals surface area contributed by atoms with Gasteiger partial charge in [-0.25, -0.2) is 0 Å². The summed E-state index contributed by atoms with van der Waals surface area (Å²) in [4.78, 5) is 13.0. The highest BCUT2D eigenvalue weighted by molar-refractivity contribution is 5.94. The molecule has 0 radical (unpaired) electrons. The topological polar surface area (TPSA) is 40.5 Å². The molecule has 0 aromatic heterocycles. The number of anilines is 1. The summed E-state index contributed by atoms with van der Waals surface area (Å²) in [5.41, 5.74) is 1.68. The van der Waals surface area contributed by atoms with Gasteiger partial charge in [-0.05, 0) is 13.0 Å². The molecule has 74 valence electrons. The number of hydrogen-bond acceptors (Lipinski definition) is 2. The van der Waals surface area contributed by atoms with Crippen molar-refractivity contribution in [1.82, 2.24) is 0 Å². The lowest BCUT2D eigenvalue weighted by Crippen LogP contribution is -2.35. The summed E-state index contributed by atoms with van der Waals surface area (Å²) in [6.45, 7) is 3.37. The van der Waals surface area contributed by atoms with Gasteiger partial charge in [0.2, 0.25) is 5.91 Å². The van der Waals surface area contributed by atoms with Crippen LogP contribution in [0.1, 0.15) is 25.5 Å². The Kier molecular flexibility index (Phi) is 2.04. The van der Waals surface area contributed by atoms with Crippen molar-refractivity contribution >= 4 is 11.6 Å². The predicted octanol–water partition coefficient (Wildman–Crippen LogP) is 1.47. The van der Waals surface area contributed by atoms with Crippen LogP contribution >= 0.6 is 0 Å². The third-order valence-corrected chi connectivity index (χ3v) is 2.72. The van der Waals surface area contributed by atoms with Crippen LogP contribution in [0, 0.1) is 0 Å². The zero-order valence-electron chi connectivity index (χ0n) is 8.27. The van der Waals surface area contributed by atoms with E-state index in [1.54, 1.807) is 4.90 Å². The molecular weight excluding hydrogens is 178 g/mol. The molecule has 3 heteroatoms. The summed E-state index contributed by atoms with van der Waals surface area (Å²) in [7, 11) is 0. The van der Waals surface area contributed by atoms with Gasteiger partial charge >= 0.3 is 0 Å². The van der Waals surface area contributed by atoms with E-state index in [2.05, 4.69) is 0 Å². The average Bonchev–Trinajstić information content (AvgIpc) is 2.41. The Bertz CT molecular complexity index is 375. The zero-order valence-corrected chi connectivity index (χ0v) is 8.27. The molecule has 0 spiro atoms. The molecule has 1 aliphatic heterocycles. The van der Waals surface area contributed by atoms with Gasteiger partial charge in [0.1, 0.15) is 6.10 Å². The number of benzene rings is 1. The third-order valence-electron chi connectivity index (χ3n) is 2.72. The summed E-state index contributed by atoms with van der Waals surface area (Å²) in [5.74, 6) is -0.0264. The molecule has 1 aliphatic rings. The van der Waals surface area contributed by atoms with Gasteiger partial charge in [-0.15, -0.1) is 0 Å². The van der Waals surface area contributed by atoms with Gasteiger partial charge < -0.3 is 10.0 Å². The Morgan fingerprint density at radius 2 is 2.07 bits per heavy atom. The minimum Gasteiger partial charge on any atom is -0.386 e. The highest BCUT2D eigenvalue weighted by atomic mass is 16.3. The molecule has 2 rings (SSSR count). The van der Waals surface area contributed by atoms with E-state index in [1.807, 2.05) is 31.2 Å². The number of amides is 1. The molecular formula is C11H13NO2. The molecule has 2 atom stereocenters. The number of fused-ring (bicyclic) bond motifs is 1. The minimum atomic E-state index is -0.560. The second-order valence-electron chi connectivity index (χ2n) is 3.63. The van der Waals surface area contributed by atoms with Gasteiger partial charge in [-0.3, -0.25) is 4.79 Å². The van der Waals surface area contributed by atoms with E-state index in [4.69, 9.17) is 0 Å². The van der Waals surface area contributed by atoms with E-state index < -0.39 is 6.10 Å². The first kappa shape index (κ1) is 9.21. The van der Waals surface area contributed by atoms with E-state index in [9.17, 15) is 9.90 Å². The number of carbonyl (C=O) groups is 1. The van der Waals surface area contributed by atoms with Crippen molar-refractivity contribution in [2.24, 2.45) is 0 Å². The second-order valence-corrected chi connectivity index (χ2v) is 3.63. The molecule has 1 aromatic rings. The molecule has 1 heterocycles. The van der Waals surface area contributed by atoms with Gasteiger partial charge in [0, 0.05) is 18.2 Å². The van der Waals surface area contributed by atoms with Crippen molar-refractivity contribution in [3.63, 3.8) is 0 Å². The Balaban J connectivity index is 2.53. The van der Waals surface area contributed by atoms with Crippen LogP contribution < -0.4 is 4.90 Å². The largest absolute Gasteiger partial charge is 0.386 e. The van der Waals surface area contributed by atoms with Gasteiger partial charge in [-0.2, -0.15) is 0 Å². The normalized spacial score (nSPS) is 24.9. The van der Waals surface area contributed by atoms with E-state index >= 15 is 0 Å². The smallest absolute Gasteiger partial charge is 0.224 e. The highest BCUT2D eigenvalue weighted by Gasteiger charge is 2.35. The average molecular weight is 191 g/mol. The Morgan fingerprint density at radius 3 is 2.71 bits per heavy atom. The first-order chi connectivity index (χ1) is 6.63. The van der Waals surface area contributed by atoms with Gasteiger partial charge in [0.15, 0.2) is 0 Å². The zero-order chi connectivity index (χ0) is 10.3. The van der Waals surface area contributed by atoms with E-state index in [-0.39, 0.29) is 11.9 Å². The first-order valence-corrected chi connectivity index (χ1v) is 4.69. The molecule has 0 saturated carbocycles. The Hall–Kier alpha value is -1.35. The number of rotatable bonds is 0. The summed E-state index contributed by atoms with van der Waals surface area (Å²) < 4.78 is 0. The van der Waals surface area contributed by atoms with Gasteiger partial charge in [0.05, 0.1) is 6.04 Å². The van der Waals surface area contributed by atoms with Crippen molar-refractivity contribution in [2.75, 3.05) is 4.90 Å². The molecule has 0 saturated heterocycles. The number of para-hydroxylation sites is 1. The van der Waals surface area contributed by atoms with E-state index in [0.29, 0.717) is 0 Å². The van der Waals surface area contributed by atoms with Crippen molar-refractivity contribution in [2.45, 2.75) is 26.0 Å². The first-order valence-electron chi connectivity index (χ1n) is 4.69. The fourth-order valence-electron chi connectivity index (χ4n) is 2.03. The van der Waals surface area contributed by atoms with Crippen LogP contribution in [0.2, 0.25) is 0 Å². The lowest BCUT2D eigenvalue weighted by molar-refractivity contribution is -0.117. The summed E-state index contributed by atoms with van der Waals surface area (Å²) in [6.07, 6.45) is -0.560. The number of hydrogen-bond donors (Lipinski definition) is 1. The Morgan fingerprint density at radius 1 is 1.43 bits per heavy atom. The maximum absolute atomic E-state index is 11.4. The van der Waals surface area contributed by atoms with Crippen molar-refractivity contribution in [1.29, 1.82) is 0 Å². The van der Waals surface area contributed by atoms with Crippen LogP contribution in [0.3, 0.4) is 0 Å². The predicted molar refractivity (Wildman–Crippen MR) is 54.0 cm³/mol. The number of aliphatic hydroxyl groups is 1. The maximum atomic E-state index is 11.4. The molecule has 14 heavy (non-hydrogen) atoms. The monoisotopic (exact) mass is 191 g/mol. The number of carbonyl (C=O) groups excluding carboxylic acids is 1. The van der Waals surface area contributed by atoms with Crippen LogP contribution in [-0.4, -0.2) is 17.1 Å². The molecule has 0 aliphatic carbocycles. The molecule has 3 nitrogen and oxygen atoms in total. The fourth-order valence-corrected chi connectivity index (χ4v) is 2.03. The van der Waals surface area contributed by atoms with Crippen LogP contribution in [0.5, 0.6) is 0 Å². The lowest BCUT2D eigenvalue weighted by Gasteiger charge is -2.21. The lowest BCUT2D eigenvalue weighted by atomic mass is 10.1. The molecule has 0 fully saturated rings. The molecule has 1 amide bonds. The number of aliphatic hydroxyl groups excluding tert-OH is 1. The van der Waals surface area contributed by atoms with Crippen LogP contribution in [-0.2, 0) is 4.79 Å². The molecule has 0 unspecified atom stereocenters. The van der Waals surface area contributed by atoms with Crippen LogP contribution in [0.25, 0.3) is 0 Å². The van der Waals surface area contributed by atoms with E-state index in [0.717, 1.165) is 11.3 Å². The molecule has 1 N–H and O–H groups in total. The summed E-state index contributed by atoms with van der Waals surface area (Å²) in [6, 6.07) is 7.31. The standard InChI is InChI=1S/C11H13NO2/c1-7-11(14)9-5-3-4-6-10(9)12(7)8(2)13/h3-7,11,14H,1-2H3/t7-,11-/m1/s1. The van der Waals surface area contributed by atoms with E-state index in [1.165, 1.54) is 6.92 Å².